The van der Waals surface area contributed by atoms with E-state index in [2.05, 4.69) is 18.2 Å². The van der Waals surface area contributed by atoms with E-state index in [1.165, 1.54) is 11.8 Å². The minimum absolute atomic E-state index is 0.0623. The lowest BCUT2D eigenvalue weighted by Gasteiger charge is -2.38. The summed E-state index contributed by atoms with van der Waals surface area (Å²) < 4.78 is 52.8. The predicted octanol–water partition coefficient (Wildman–Crippen LogP) is 5.72. The second-order valence-corrected chi connectivity index (χ2v) is 13.5. The van der Waals surface area contributed by atoms with E-state index in [1.807, 2.05) is 48.5 Å². The van der Waals surface area contributed by atoms with Gasteiger partial charge in [-0.25, -0.2) is 16.8 Å². The van der Waals surface area contributed by atoms with Gasteiger partial charge in [0.15, 0.2) is 9.84 Å². The largest absolute Gasteiger partial charge is 0.243 e. The quantitative estimate of drug-likeness (QED) is 0.319. The molecule has 4 aromatic carbocycles. The molecular weight excluding hydrogens is 502 g/mol. The Balaban J connectivity index is 1.55. The molecule has 0 spiro atoms. The van der Waals surface area contributed by atoms with Gasteiger partial charge in [0.1, 0.15) is 0 Å². The first-order valence-corrected chi connectivity index (χ1v) is 15.6. The Bertz CT molecular complexity index is 1600. The monoisotopic (exact) mass is 531 g/mol. The SMILES string of the molecule is CS(=O)(=O)c1cccc(-c2cccc([C@@H]3CN(S(=O)(=O)c4ccccc4)CC[C@@H]3c3ccccc3)c2)c1. The van der Waals surface area contributed by atoms with E-state index in [9.17, 15) is 16.8 Å². The van der Waals surface area contributed by atoms with E-state index in [4.69, 9.17) is 0 Å². The second kappa shape index (κ2) is 10.2. The Kier molecular flexibility index (Phi) is 7.03. The van der Waals surface area contributed by atoms with Crippen molar-refractivity contribution in [3.05, 3.63) is 120 Å². The summed E-state index contributed by atoms with van der Waals surface area (Å²) in [7, 11) is -6.96. The van der Waals surface area contributed by atoms with Gasteiger partial charge in [-0.05, 0) is 58.9 Å². The maximum atomic E-state index is 13.5. The van der Waals surface area contributed by atoms with Gasteiger partial charge in [-0.2, -0.15) is 4.31 Å². The Morgan fingerprint density at radius 2 is 1.19 bits per heavy atom. The summed E-state index contributed by atoms with van der Waals surface area (Å²) in [5, 5.41) is 0. The molecule has 0 amide bonds. The Morgan fingerprint density at radius 3 is 1.86 bits per heavy atom. The minimum Gasteiger partial charge on any atom is -0.224 e. The molecule has 4 aromatic rings. The van der Waals surface area contributed by atoms with Gasteiger partial charge in [-0.3, -0.25) is 0 Å². The van der Waals surface area contributed by atoms with Crippen LogP contribution in [-0.4, -0.2) is 40.5 Å². The van der Waals surface area contributed by atoms with Gasteiger partial charge in [0, 0.05) is 25.3 Å². The zero-order chi connectivity index (χ0) is 26.0. The number of benzene rings is 4. The van der Waals surface area contributed by atoms with Gasteiger partial charge < -0.3 is 0 Å². The van der Waals surface area contributed by atoms with Crippen molar-refractivity contribution >= 4 is 19.9 Å². The van der Waals surface area contributed by atoms with Crippen molar-refractivity contribution in [3.8, 4) is 11.1 Å². The first-order chi connectivity index (χ1) is 17.7. The number of sulfonamides is 1. The van der Waals surface area contributed by atoms with E-state index >= 15 is 0 Å². The summed E-state index contributed by atoms with van der Waals surface area (Å²) in [5.41, 5.74) is 3.93. The van der Waals surface area contributed by atoms with Crippen LogP contribution >= 0.6 is 0 Å². The van der Waals surface area contributed by atoms with Gasteiger partial charge in [0.05, 0.1) is 9.79 Å². The zero-order valence-corrected chi connectivity index (χ0v) is 22.2. The molecule has 0 aromatic heterocycles. The molecule has 0 aliphatic carbocycles. The van der Waals surface area contributed by atoms with Crippen LogP contribution in [0.2, 0.25) is 0 Å². The third-order valence-electron chi connectivity index (χ3n) is 7.09. The second-order valence-electron chi connectivity index (χ2n) is 9.51. The predicted molar refractivity (Wildman–Crippen MR) is 147 cm³/mol. The first kappa shape index (κ1) is 25.4. The molecule has 1 aliphatic heterocycles. The number of hydrogen-bond acceptors (Lipinski definition) is 4. The molecule has 37 heavy (non-hydrogen) atoms. The van der Waals surface area contributed by atoms with Crippen LogP contribution < -0.4 is 0 Å². The topological polar surface area (TPSA) is 71.5 Å². The van der Waals surface area contributed by atoms with E-state index in [0.29, 0.717) is 24.4 Å². The molecule has 0 bridgehead atoms. The van der Waals surface area contributed by atoms with Crippen LogP contribution in [0, 0.1) is 0 Å². The summed E-state index contributed by atoms with van der Waals surface area (Å²) in [6, 6.07) is 33.8. The number of sulfone groups is 1. The fourth-order valence-corrected chi connectivity index (χ4v) is 7.34. The van der Waals surface area contributed by atoms with E-state index in [-0.39, 0.29) is 16.7 Å². The van der Waals surface area contributed by atoms with E-state index in [0.717, 1.165) is 16.7 Å². The average Bonchev–Trinajstić information content (AvgIpc) is 2.93. The van der Waals surface area contributed by atoms with E-state index in [1.54, 1.807) is 46.8 Å². The van der Waals surface area contributed by atoms with Gasteiger partial charge in [-0.1, -0.05) is 84.9 Å². The Morgan fingerprint density at radius 1 is 0.622 bits per heavy atom. The van der Waals surface area contributed by atoms with Gasteiger partial charge in [0.25, 0.3) is 0 Å². The van der Waals surface area contributed by atoms with Crippen LogP contribution in [-0.2, 0) is 19.9 Å². The van der Waals surface area contributed by atoms with Crippen molar-refractivity contribution in [2.75, 3.05) is 19.3 Å². The minimum atomic E-state index is -3.63. The molecule has 1 saturated heterocycles. The standard InChI is InChI=1S/C30H29NO4S2/c1-36(32,33)28-17-9-13-25(21-28)24-12-8-14-26(20-24)30-22-31(37(34,35)27-15-6-3-7-16-27)19-18-29(30)23-10-4-2-5-11-23/h2-17,20-21,29-30H,18-19,22H2,1H3/t29-,30+/m1/s1. The summed E-state index contributed by atoms with van der Waals surface area (Å²) in [5.74, 6) is 0.0914. The lowest BCUT2D eigenvalue weighted by Crippen LogP contribution is -2.42. The Hall–Kier alpha value is -3.26. The van der Waals surface area contributed by atoms with Crippen LogP contribution in [0.15, 0.2) is 119 Å². The highest BCUT2D eigenvalue weighted by molar-refractivity contribution is 7.90. The molecule has 1 heterocycles. The molecule has 5 nitrogen and oxygen atoms in total. The van der Waals surface area contributed by atoms with Gasteiger partial charge in [0.2, 0.25) is 10.0 Å². The van der Waals surface area contributed by atoms with Gasteiger partial charge in [-0.15, -0.1) is 0 Å². The van der Waals surface area contributed by atoms with Crippen molar-refractivity contribution < 1.29 is 16.8 Å². The van der Waals surface area contributed by atoms with Crippen molar-refractivity contribution in [3.63, 3.8) is 0 Å². The highest BCUT2D eigenvalue weighted by Crippen LogP contribution is 2.42. The molecule has 1 aliphatic rings. The highest BCUT2D eigenvalue weighted by Gasteiger charge is 2.37. The number of piperidine rings is 1. The molecule has 1 fully saturated rings. The maximum absolute atomic E-state index is 13.5. The fourth-order valence-electron chi connectivity index (χ4n) is 5.17. The highest BCUT2D eigenvalue weighted by atomic mass is 32.2. The third kappa shape index (κ3) is 5.39. The fraction of sp³-hybridized carbons (Fsp3) is 0.200. The molecule has 0 saturated carbocycles. The number of rotatable bonds is 6. The van der Waals surface area contributed by atoms with Crippen LogP contribution in [0.5, 0.6) is 0 Å². The third-order valence-corrected chi connectivity index (χ3v) is 10.1. The lowest BCUT2D eigenvalue weighted by atomic mass is 9.77. The van der Waals surface area contributed by atoms with Crippen LogP contribution in [0.4, 0.5) is 0 Å². The van der Waals surface area contributed by atoms with Crippen molar-refractivity contribution in [1.82, 2.24) is 4.31 Å². The van der Waals surface area contributed by atoms with Gasteiger partial charge >= 0.3 is 0 Å². The van der Waals surface area contributed by atoms with Crippen LogP contribution in [0.3, 0.4) is 0 Å². The molecule has 0 unspecified atom stereocenters. The van der Waals surface area contributed by atoms with Crippen molar-refractivity contribution in [1.29, 1.82) is 0 Å². The summed E-state index contributed by atoms with van der Waals surface area (Å²) in [6.45, 7) is 0.813. The number of hydrogen-bond donors (Lipinski definition) is 0. The van der Waals surface area contributed by atoms with Crippen LogP contribution in [0.25, 0.3) is 11.1 Å². The molecule has 2 atom stereocenters. The van der Waals surface area contributed by atoms with Crippen molar-refractivity contribution in [2.24, 2.45) is 0 Å². The molecule has 5 rings (SSSR count). The summed E-state index contributed by atoms with van der Waals surface area (Å²) in [6.07, 6.45) is 1.91. The number of nitrogens with zero attached hydrogens (tertiary/aromatic N) is 1. The van der Waals surface area contributed by atoms with Crippen molar-refractivity contribution in [2.45, 2.75) is 28.0 Å². The zero-order valence-electron chi connectivity index (χ0n) is 20.6. The smallest absolute Gasteiger partial charge is 0.224 e. The lowest BCUT2D eigenvalue weighted by molar-refractivity contribution is 0.285. The summed E-state index contributed by atoms with van der Waals surface area (Å²) >= 11 is 0. The van der Waals surface area contributed by atoms with E-state index < -0.39 is 19.9 Å². The summed E-state index contributed by atoms with van der Waals surface area (Å²) in [4.78, 5) is 0.577. The Labute approximate surface area is 219 Å². The molecule has 190 valence electrons. The normalized spacial score (nSPS) is 18.9. The maximum Gasteiger partial charge on any atom is 0.243 e. The molecule has 7 heteroatoms. The molecule has 0 N–H and O–H groups in total. The molecule has 0 radical (unpaired) electrons. The first-order valence-electron chi connectivity index (χ1n) is 12.2. The average molecular weight is 532 g/mol. The molecular formula is C30H29NO4S2. The van der Waals surface area contributed by atoms with Crippen LogP contribution in [0.1, 0.15) is 29.4 Å².